The lowest BCUT2D eigenvalue weighted by molar-refractivity contribution is -0.132. The number of hydrogen-bond donors (Lipinski definition) is 2. The number of halogens is 2. The second-order valence-corrected chi connectivity index (χ2v) is 7.08. The maximum Gasteiger partial charge on any atom is 0.249 e. The highest BCUT2D eigenvalue weighted by Crippen LogP contribution is 2.25. The first-order chi connectivity index (χ1) is 11.0. The van der Waals surface area contributed by atoms with Crippen LogP contribution in [0.15, 0.2) is 24.3 Å². The molecule has 24 heavy (non-hydrogen) atoms. The Morgan fingerprint density at radius 1 is 1.29 bits per heavy atom. The van der Waals surface area contributed by atoms with Gasteiger partial charge in [-0.25, -0.2) is 0 Å². The Balaban J connectivity index is 0.00000288. The number of carbonyl (C=O) groups is 1. The van der Waals surface area contributed by atoms with Crippen LogP contribution in [0.5, 0.6) is 0 Å². The molecule has 3 N–H and O–H groups in total. The van der Waals surface area contributed by atoms with Crippen molar-refractivity contribution in [1.29, 1.82) is 0 Å². The number of ether oxygens (including phenoxy) is 1. The van der Waals surface area contributed by atoms with Gasteiger partial charge < -0.3 is 15.8 Å². The fraction of sp³-hybridized carbons (Fsp3) is 0.611. The highest BCUT2D eigenvalue weighted by atomic mass is 35.5. The number of rotatable bonds is 7. The van der Waals surface area contributed by atoms with Crippen LogP contribution in [0.2, 0.25) is 5.02 Å². The van der Waals surface area contributed by atoms with Gasteiger partial charge in [0.05, 0.1) is 12.1 Å². The first-order valence-electron chi connectivity index (χ1n) is 8.41. The van der Waals surface area contributed by atoms with E-state index in [4.69, 9.17) is 22.1 Å². The molecule has 1 heterocycles. The van der Waals surface area contributed by atoms with Crippen LogP contribution in [0.3, 0.4) is 0 Å². The van der Waals surface area contributed by atoms with Gasteiger partial charge in [-0.2, -0.15) is 0 Å². The number of benzene rings is 1. The van der Waals surface area contributed by atoms with Crippen molar-refractivity contribution in [2.75, 3.05) is 6.54 Å². The normalized spacial score (nSPS) is 21.4. The van der Waals surface area contributed by atoms with E-state index < -0.39 is 0 Å². The van der Waals surface area contributed by atoms with E-state index in [0.717, 1.165) is 31.2 Å². The van der Waals surface area contributed by atoms with E-state index in [1.165, 1.54) is 0 Å². The summed E-state index contributed by atoms with van der Waals surface area (Å²) >= 11 is 5.97. The smallest absolute Gasteiger partial charge is 0.249 e. The SMILES string of the molecule is CC(C)CCC(NC(=O)[C@@H]1CC[C@H](CN)O1)c1ccc(Cl)cc1.Cl. The van der Waals surface area contributed by atoms with Crippen LogP contribution in [-0.2, 0) is 9.53 Å². The van der Waals surface area contributed by atoms with Crippen molar-refractivity contribution in [2.24, 2.45) is 11.7 Å². The van der Waals surface area contributed by atoms with Crippen molar-refractivity contribution in [3.8, 4) is 0 Å². The molecule has 0 spiro atoms. The molecule has 0 bridgehead atoms. The summed E-state index contributed by atoms with van der Waals surface area (Å²) in [6.07, 6.45) is 3.17. The Morgan fingerprint density at radius 2 is 1.96 bits per heavy atom. The molecule has 4 nitrogen and oxygen atoms in total. The molecule has 6 heteroatoms. The van der Waals surface area contributed by atoms with Crippen molar-refractivity contribution in [2.45, 2.75) is 57.8 Å². The van der Waals surface area contributed by atoms with Crippen molar-refractivity contribution in [3.63, 3.8) is 0 Å². The number of amides is 1. The minimum Gasteiger partial charge on any atom is -0.364 e. The second-order valence-electron chi connectivity index (χ2n) is 6.64. The fourth-order valence-electron chi connectivity index (χ4n) is 2.85. The van der Waals surface area contributed by atoms with Crippen LogP contribution in [-0.4, -0.2) is 24.7 Å². The molecular weight excluding hydrogens is 347 g/mol. The molecule has 1 saturated heterocycles. The third-order valence-corrected chi connectivity index (χ3v) is 4.54. The topological polar surface area (TPSA) is 64.4 Å². The largest absolute Gasteiger partial charge is 0.364 e. The third kappa shape index (κ3) is 6.25. The molecule has 1 aliphatic rings. The molecule has 1 aliphatic heterocycles. The molecule has 0 aromatic heterocycles. The van der Waals surface area contributed by atoms with Crippen molar-refractivity contribution in [1.82, 2.24) is 5.32 Å². The molecule has 3 atom stereocenters. The molecular formula is C18H28Cl2N2O2. The van der Waals surface area contributed by atoms with Crippen molar-refractivity contribution < 1.29 is 9.53 Å². The predicted octanol–water partition coefficient (Wildman–Crippen LogP) is 3.86. The quantitative estimate of drug-likeness (QED) is 0.761. The summed E-state index contributed by atoms with van der Waals surface area (Å²) in [7, 11) is 0. The molecule has 1 unspecified atom stereocenters. The van der Waals surface area contributed by atoms with Crippen LogP contribution < -0.4 is 11.1 Å². The average Bonchev–Trinajstić information content (AvgIpc) is 3.01. The number of hydrogen-bond acceptors (Lipinski definition) is 3. The molecule has 0 radical (unpaired) electrons. The Hall–Kier alpha value is -0.810. The van der Waals surface area contributed by atoms with E-state index in [-0.39, 0.29) is 36.6 Å². The van der Waals surface area contributed by atoms with E-state index in [1.807, 2.05) is 24.3 Å². The van der Waals surface area contributed by atoms with Crippen molar-refractivity contribution in [3.05, 3.63) is 34.9 Å². The minimum atomic E-state index is -0.377. The maximum atomic E-state index is 12.5. The summed E-state index contributed by atoms with van der Waals surface area (Å²) in [6.45, 7) is 4.84. The van der Waals surface area contributed by atoms with Gasteiger partial charge in [0.25, 0.3) is 0 Å². The van der Waals surface area contributed by atoms with Crippen molar-refractivity contribution >= 4 is 29.9 Å². The summed E-state index contributed by atoms with van der Waals surface area (Å²) in [5.74, 6) is 0.552. The lowest BCUT2D eigenvalue weighted by Gasteiger charge is -2.22. The van der Waals surface area contributed by atoms with Gasteiger partial charge in [-0.15, -0.1) is 12.4 Å². The van der Waals surface area contributed by atoms with Gasteiger partial charge in [0.2, 0.25) is 5.91 Å². The molecule has 0 aliphatic carbocycles. The van der Waals surface area contributed by atoms with Crippen LogP contribution >= 0.6 is 24.0 Å². The van der Waals surface area contributed by atoms with E-state index in [1.54, 1.807) is 0 Å². The summed E-state index contributed by atoms with van der Waals surface area (Å²) in [5.41, 5.74) is 6.69. The Kier molecular flexibility index (Phi) is 9.06. The van der Waals surface area contributed by atoms with Crippen LogP contribution in [0, 0.1) is 5.92 Å². The molecule has 0 saturated carbocycles. The number of nitrogens with one attached hydrogen (secondary N) is 1. The second kappa shape index (κ2) is 10.2. The van der Waals surface area contributed by atoms with Gasteiger partial charge in [-0.3, -0.25) is 4.79 Å². The van der Waals surface area contributed by atoms with Crippen LogP contribution in [0.1, 0.15) is 51.1 Å². The Morgan fingerprint density at radius 3 is 2.50 bits per heavy atom. The van der Waals surface area contributed by atoms with Gasteiger partial charge in [-0.1, -0.05) is 37.6 Å². The van der Waals surface area contributed by atoms with Crippen LogP contribution in [0.25, 0.3) is 0 Å². The first kappa shape index (κ1) is 21.2. The summed E-state index contributed by atoms with van der Waals surface area (Å²) in [4.78, 5) is 12.5. The summed E-state index contributed by atoms with van der Waals surface area (Å²) in [5, 5.41) is 3.85. The predicted molar refractivity (Wildman–Crippen MR) is 101 cm³/mol. The number of carbonyl (C=O) groups excluding carboxylic acids is 1. The molecule has 1 amide bonds. The first-order valence-corrected chi connectivity index (χ1v) is 8.78. The van der Waals surface area contributed by atoms with Gasteiger partial charge in [0.1, 0.15) is 6.10 Å². The van der Waals surface area contributed by atoms with Gasteiger partial charge in [0, 0.05) is 11.6 Å². The summed E-state index contributed by atoms with van der Waals surface area (Å²) < 4.78 is 5.70. The number of nitrogens with two attached hydrogens (primary N) is 1. The molecule has 1 fully saturated rings. The van der Waals surface area contributed by atoms with Gasteiger partial charge in [-0.05, 0) is 49.3 Å². The minimum absolute atomic E-state index is 0. The van der Waals surface area contributed by atoms with E-state index >= 15 is 0 Å². The monoisotopic (exact) mass is 374 g/mol. The lowest BCUT2D eigenvalue weighted by Crippen LogP contribution is -2.38. The highest BCUT2D eigenvalue weighted by Gasteiger charge is 2.31. The molecule has 136 valence electrons. The zero-order chi connectivity index (χ0) is 16.8. The average molecular weight is 375 g/mol. The van der Waals surface area contributed by atoms with Gasteiger partial charge >= 0.3 is 0 Å². The molecule has 1 aromatic rings. The molecule has 1 aromatic carbocycles. The highest BCUT2D eigenvalue weighted by molar-refractivity contribution is 6.30. The maximum absolute atomic E-state index is 12.5. The third-order valence-electron chi connectivity index (χ3n) is 4.28. The standard InChI is InChI=1S/C18H27ClN2O2.ClH/c1-12(2)3-9-16(13-4-6-14(19)7-5-13)21-18(22)17-10-8-15(11-20)23-17;/h4-7,12,15-17H,3,8-11,20H2,1-2H3,(H,21,22);1H/t15-,16?,17+;/m1./s1. The zero-order valence-corrected chi connectivity index (χ0v) is 15.9. The Labute approximate surface area is 155 Å². The summed E-state index contributed by atoms with van der Waals surface area (Å²) in [6, 6.07) is 7.67. The lowest BCUT2D eigenvalue weighted by atomic mass is 9.97. The van der Waals surface area contributed by atoms with E-state index in [9.17, 15) is 4.79 Å². The van der Waals surface area contributed by atoms with Crippen LogP contribution in [0.4, 0.5) is 0 Å². The van der Waals surface area contributed by atoms with Gasteiger partial charge in [0.15, 0.2) is 0 Å². The Bertz CT molecular complexity index is 508. The van der Waals surface area contributed by atoms with E-state index in [0.29, 0.717) is 17.5 Å². The van der Waals surface area contributed by atoms with E-state index in [2.05, 4.69) is 19.2 Å². The zero-order valence-electron chi connectivity index (χ0n) is 14.3. The molecule has 2 rings (SSSR count). The fourth-order valence-corrected chi connectivity index (χ4v) is 2.98.